The topological polar surface area (TPSA) is 3.24 Å². The number of nitrogens with zero attached hydrogens (tertiary/aromatic N) is 1. The largest absolute Gasteiger partial charge is 0.298 e. The molecule has 1 saturated heterocycles. The van der Waals surface area contributed by atoms with Gasteiger partial charge in [0.05, 0.1) is 0 Å². The van der Waals surface area contributed by atoms with E-state index in [2.05, 4.69) is 41.8 Å². The van der Waals surface area contributed by atoms with Crippen molar-refractivity contribution in [3.63, 3.8) is 0 Å². The molecule has 1 aliphatic heterocycles. The average molecular weight is 174 g/mol. The molecule has 69 valence electrons. The Bertz CT molecular complexity index is 237. The molecule has 1 nitrogen and oxygen atoms in total. The second kappa shape index (κ2) is 4.43. The average Bonchev–Trinajstić information content (AvgIpc) is 2.69. The van der Waals surface area contributed by atoms with E-state index in [0.29, 0.717) is 0 Å². The SMILES string of the molecule is [CH](Cc1ccccc1)N1CCCC1. The molecular formula is C12H16N. The lowest BCUT2D eigenvalue weighted by atomic mass is 10.1. The number of likely N-dealkylation sites (tertiary alicyclic amines) is 1. The van der Waals surface area contributed by atoms with E-state index < -0.39 is 0 Å². The zero-order chi connectivity index (χ0) is 8.93. The third-order valence-corrected chi connectivity index (χ3v) is 2.57. The molecule has 0 aliphatic carbocycles. The fourth-order valence-electron chi connectivity index (χ4n) is 1.77. The van der Waals surface area contributed by atoms with E-state index in [4.69, 9.17) is 0 Å². The minimum atomic E-state index is 1.08. The van der Waals surface area contributed by atoms with Gasteiger partial charge in [-0.2, -0.15) is 0 Å². The van der Waals surface area contributed by atoms with Crippen molar-refractivity contribution in [1.82, 2.24) is 4.90 Å². The van der Waals surface area contributed by atoms with Crippen molar-refractivity contribution in [3.05, 3.63) is 42.4 Å². The molecule has 0 N–H and O–H groups in total. The van der Waals surface area contributed by atoms with Crippen LogP contribution < -0.4 is 0 Å². The van der Waals surface area contributed by atoms with Crippen LogP contribution in [0.3, 0.4) is 0 Å². The van der Waals surface area contributed by atoms with Gasteiger partial charge in [-0.1, -0.05) is 30.3 Å². The van der Waals surface area contributed by atoms with Gasteiger partial charge in [-0.3, -0.25) is 4.90 Å². The number of rotatable bonds is 3. The first-order valence-electron chi connectivity index (χ1n) is 5.06. The summed E-state index contributed by atoms with van der Waals surface area (Å²) >= 11 is 0. The van der Waals surface area contributed by atoms with Crippen molar-refractivity contribution < 1.29 is 0 Å². The molecule has 1 aromatic carbocycles. The maximum atomic E-state index is 2.44. The summed E-state index contributed by atoms with van der Waals surface area (Å²) in [6.45, 7) is 4.85. The zero-order valence-electron chi connectivity index (χ0n) is 7.95. The van der Waals surface area contributed by atoms with Crippen LogP contribution >= 0.6 is 0 Å². The molecule has 1 radical (unpaired) electrons. The first kappa shape index (κ1) is 8.76. The summed E-state index contributed by atoms with van der Waals surface area (Å²) < 4.78 is 0. The summed E-state index contributed by atoms with van der Waals surface area (Å²) in [5.41, 5.74) is 1.41. The van der Waals surface area contributed by atoms with Crippen LogP contribution in [0.25, 0.3) is 0 Å². The van der Waals surface area contributed by atoms with Gasteiger partial charge in [-0.15, -0.1) is 0 Å². The summed E-state index contributed by atoms with van der Waals surface area (Å²) in [6.07, 6.45) is 3.82. The van der Waals surface area contributed by atoms with Gasteiger partial charge in [0.15, 0.2) is 0 Å². The molecule has 0 bridgehead atoms. The second-order valence-corrected chi connectivity index (χ2v) is 3.62. The lowest BCUT2D eigenvalue weighted by molar-refractivity contribution is 0.407. The van der Waals surface area contributed by atoms with Crippen molar-refractivity contribution in [1.29, 1.82) is 0 Å². The Morgan fingerprint density at radius 1 is 1.08 bits per heavy atom. The fraction of sp³-hybridized carbons (Fsp3) is 0.417. The zero-order valence-corrected chi connectivity index (χ0v) is 7.95. The van der Waals surface area contributed by atoms with Gasteiger partial charge >= 0.3 is 0 Å². The van der Waals surface area contributed by atoms with Crippen LogP contribution in [0.1, 0.15) is 18.4 Å². The lowest BCUT2D eigenvalue weighted by Crippen LogP contribution is -2.16. The minimum Gasteiger partial charge on any atom is -0.298 e. The molecule has 1 heterocycles. The fourth-order valence-corrected chi connectivity index (χ4v) is 1.77. The molecule has 0 amide bonds. The second-order valence-electron chi connectivity index (χ2n) is 3.62. The van der Waals surface area contributed by atoms with Crippen LogP contribution in [-0.2, 0) is 6.42 Å². The first-order chi connectivity index (χ1) is 6.45. The Morgan fingerprint density at radius 3 is 2.46 bits per heavy atom. The third kappa shape index (κ3) is 2.56. The molecule has 1 heteroatoms. The van der Waals surface area contributed by atoms with Crippen LogP contribution in [0, 0.1) is 6.54 Å². The van der Waals surface area contributed by atoms with E-state index >= 15 is 0 Å². The minimum absolute atomic E-state index is 1.08. The van der Waals surface area contributed by atoms with E-state index in [-0.39, 0.29) is 0 Å². The summed E-state index contributed by atoms with van der Waals surface area (Å²) in [6, 6.07) is 10.7. The van der Waals surface area contributed by atoms with Gasteiger partial charge in [0.2, 0.25) is 0 Å². The molecular weight excluding hydrogens is 158 g/mol. The quantitative estimate of drug-likeness (QED) is 0.680. The standard InChI is InChI=1S/C12H16N/c1-2-6-12(7-3-1)8-11-13-9-4-5-10-13/h1-3,6-7,11H,4-5,8-10H2. The van der Waals surface area contributed by atoms with Crippen LogP contribution in [0.2, 0.25) is 0 Å². The number of benzene rings is 1. The first-order valence-corrected chi connectivity index (χ1v) is 5.06. The predicted octanol–water partition coefficient (Wildman–Crippen LogP) is 2.49. The van der Waals surface area contributed by atoms with E-state index in [1.54, 1.807) is 0 Å². The predicted molar refractivity (Wildman–Crippen MR) is 55.3 cm³/mol. The van der Waals surface area contributed by atoms with Crippen molar-refractivity contribution in [2.45, 2.75) is 19.3 Å². The Hall–Kier alpha value is -0.820. The van der Waals surface area contributed by atoms with Gasteiger partial charge in [0, 0.05) is 6.54 Å². The van der Waals surface area contributed by atoms with Crippen molar-refractivity contribution >= 4 is 0 Å². The van der Waals surface area contributed by atoms with Crippen molar-refractivity contribution in [2.75, 3.05) is 13.1 Å². The highest BCUT2D eigenvalue weighted by Gasteiger charge is 2.10. The maximum absolute atomic E-state index is 2.44. The van der Waals surface area contributed by atoms with Gasteiger partial charge < -0.3 is 0 Å². The molecule has 1 aliphatic rings. The van der Waals surface area contributed by atoms with Crippen molar-refractivity contribution in [3.8, 4) is 0 Å². The maximum Gasteiger partial charge on any atom is 0.0295 e. The smallest absolute Gasteiger partial charge is 0.0295 e. The summed E-state index contributed by atoms with van der Waals surface area (Å²) in [4.78, 5) is 2.44. The summed E-state index contributed by atoms with van der Waals surface area (Å²) in [5, 5.41) is 0. The molecule has 0 atom stereocenters. The van der Waals surface area contributed by atoms with E-state index in [0.717, 1.165) is 6.42 Å². The highest BCUT2D eigenvalue weighted by atomic mass is 15.1. The van der Waals surface area contributed by atoms with E-state index in [1.165, 1.54) is 31.5 Å². The van der Waals surface area contributed by atoms with Crippen LogP contribution in [0.5, 0.6) is 0 Å². The van der Waals surface area contributed by atoms with Gasteiger partial charge in [0.25, 0.3) is 0 Å². The van der Waals surface area contributed by atoms with E-state index in [9.17, 15) is 0 Å². The van der Waals surface area contributed by atoms with Crippen LogP contribution in [0.4, 0.5) is 0 Å². The third-order valence-electron chi connectivity index (χ3n) is 2.57. The van der Waals surface area contributed by atoms with Gasteiger partial charge in [-0.05, 0) is 37.9 Å². The van der Waals surface area contributed by atoms with Gasteiger partial charge in [-0.25, -0.2) is 0 Å². The summed E-state index contributed by atoms with van der Waals surface area (Å²) in [7, 11) is 0. The molecule has 13 heavy (non-hydrogen) atoms. The van der Waals surface area contributed by atoms with E-state index in [1.807, 2.05) is 0 Å². The van der Waals surface area contributed by atoms with Crippen LogP contribution in [-0.4, -0.2) is 18.0 Å². The molecule has 0 spiro atoms. The molecule has 0 aromatic heterocycles. The molecule has 0 unspecified atom stereocenters. The Balaban J connectivity index is 1.79. The molecule has 1 fully saturated rings. The Labute approximate surface area is 80.4 Å². The highest BCUT2D eigenvalue weighted by Crippen LogP contribution is 2.11. The normalized spacial score (nSPS) is 17.8. The van der Waals surface area contributed by atoms with Gasteiger partial charge in [0.1, 0.15) is 0 Å². The van der Waals surface area contributed by atoms with Crippen LogP contribution in [0.15, 0.2) is 30.3 Å². The highest BCUT2D eigenvalue weighted by molar-refractivity contribution is 5.16. The molecule has 2 rings (SSSR count). The van der Waals surface area contributed by atoms with Crippen molar-refractivity contribution in [2.24, 2.45) is 0 Å². The monoisotopic (exact) mass is 174 g/mol. The number of hydrogen-bond acceptors (Lipinski definition) is 1. The number of hydrogen-bond donors (Lipinski definition) is 0. The Kier molecular flexibility index (Phi) is 2.98. The summed E-state index contributed by atoms with van der Waals surface area (Å²) in [5.74, 6) is 0. The molecule has 0 saturated carbocycles. The Morgan fingerprint density at radius 2 is 1.77 bits per heavy atom. The lowest BCUT2D eigenvalue weighted by Gasteiger charge is -2.13. The molecule has 1 aromatic rings.